The minimum atomic E-state index is -4.82. The first kappa shape index (κ1) is 21.6. The Bertz CT molecular complexity index is 932. The molecule has 1 aliphatic heterocycles. The SMILES string of the molecule is CC(c1ccnc(CN(C)C)c1)C1NC(=O)N(c2ccc(OC(F)(F)F)cc2)C1=O. The minimum Gasteiger partial charge on any atom is -0.406 e. The summed E-state index contributed by atoms with van der Waals surface area (Å²) in [7, 11) is 3.84. The summed E-state index contributed by atoms with van der Waals surface area (Å²) in [5.74, 6) is -1.25. The number of nitrogens with one attached hydrogen (secondary N) is 1. The maximum absolute atomic E-state index is 12.9. The number of aromatic nitrogens is 1. The number of pyridine rings is 1. The summed E-state index contributed by atoms with van der Waals surface area (Å²) in [4.78, 5) is 32.5. The van der Waals surface area contributed by atoms with Gasteiger partial charge < -0.3 is 15.0 Å². The second kappa shape index (κ2) is 8.31. The molecule has 1 aromatic carbocycles. The Balaban J connectivity index is 1.77. The van der Waals surface area contributed by atoms with Crippen molar-refractivity contribution in [2.24, 2.45) is 0 Å². The Morgan fingerprint density at radius 1 is 1.20 bits per heavy atom. The van der Waals surface area contributed by atoms with Crippen molar-refractivity contribution in [1.29, 1.82) is 0 Å². The second-order valence-corrected chi connectivity index (χ2v) is 7.25. The molecule has 3 rings (SSSR count). The molecule has 2 heterocycles. The predicted octanol–water partition coefficient (Wildman–Crippen LogP) is 3.27. The number of hydrogen-bond donors (Lipinski definition) is 1. The zero-order chi connectivity index (χ0) is 22.1. The first-order valence-electron chi connectivity index (χ1n) is 9.15. The highest BCUT2D eigenvalue weighted by molar-refractivity contribution is 6.21. The van der Waals surface area contributed by atoms with Gasteiger partial charge in [-0.3, -0.25) is 9.78 Å². The summed E-state index contributed by atoms with van der Waals surface area (Å²) >= 11 is 0. The number of imide groups is 1. The predicted molar refractivity (Wildman–Crippen MR) is 103 cm³/mol. The Hall–Kier alpha value is -3.14. The minimum absolute atomic E-state index is 0.157. The van der Waals surface area contributed by atoms with Gasteiger partial charge in [0.05, 0.1) is 11.4 Å². The number of carbonyl (C=O) groups excluding carboxylic acids is 2. The van der Waals surface area contributed by atoms with Gasteiger partial charge in [0.1, 0.15) is 11.8 Å². The molecule has 2 unspecified atom stereocenters. The monoisotopic (exact) mass is 422 g/mol. The highest BCUT2D eigenvalue weighted by Gasteiger charge is 2.42. The number of halogens is 3. The average molecular weight is 422 g/mol. The van der Waals surface area contributed by atoms with Crippen LogP contribution in [0.25, 0.3) is 0 Å². The zero-order valence-electron chi connectivity index (χ0n) is 16.6. The van der Waals surface area contributed by atoms with Crippen molar-refractivity contribution in [3.8, 4) is 5.75 Å². The number of amides is 3. The second-order valence-electron chi connectivity index (χ2n) is 7.25. The van der Waals surface area contributed by atoms with Crippen LogP contribution in [0.15, 0.2) is 42.6 Å². The molecule has 0 bridgehead atoms. The number of alkyl halides is 3. The van der Waals surface area contributed by atoms with Crippen LogP contribution >= 0.6 is 0 Å². The summed E-state index contributed by atoms with van der Waals surface area (Å²) in [6, 6.07) is 6.79. The van der Waals surface area contributed by atoms with Crippen molar-refractivity contribution in [1.82, 2.24) is 15.2 Å². The third-order valence-electron chi connectivity index (χ3n) is 4.64. The van der Waals surface area contributed by atoms with E-state index < -0.39 is 30.1 Å². The third-order valence-corrected chi connectivity index (χ3v) is 4.64. The van der Waals surface area contributed by atoms with Crippen LogP contribution in [0.2, 0.25) is 0 Å². The summed E-state index contributed by atoms with van der Waals surface area (Å²) in [6.45, 7) is 2.45. The van der Waals surface area contributed by atoms with E-state index in [-0.39, 0.29) is 11.6 Å². The average Bonchev–Trinajstić information content (AvgIpc) is 2.94. The van der Waals surface area contributed by atoms with E-state index in [1.54, 1.807) is 12.3 Å². The van der Waals surface area contributed by atoms with E-state index in [1.807, 2.05) is 32.0 Å². The molecule has 0 radical (unpaired) electrons. The Morgan fingerprint density at radius 3 is 2.47 bits per heavy atom. The van der Waals surface area contributed by atoms with E-state index in [0.29, 0.717) is 6.54 Å². The van der Waals surface area contributed by atoms with E-state index in [2.05, 4.69) is 15.0 Å². The summed E-state index contributed by atoms with van der Waals surface area (Å²) in [5, 5.41) is 2.66. The molecule has 30 heavy (non-hydrogen) atoms. The van der Waals surface area contributed by atoms with Crippen molar-refractivity contribution in [3.63, 3.8) is 0 Å². The van der Waals surface area contributed by atoms with Crippen molar-refractivity contribution in [3.05, 3.63) is 53.9 Å². The fraction of sp³-hybridized carbons (Fsp3) is 0.350. The van der Waals surface area contributed by atoms with Crippen molar-refractivity contribution >= 4 is 17.6 Å². The van der Waals surface area contributed by atoms with Gasteiger partial charge in [0.15, 0.2) is 0 Å². The fourth-order valence-corrected chi connectivity index (χ4v) is 3.26. The van der Waals surface area contributed by atoms with Gasteiger partial charge in [0, 0.05) is 18.7 Å². The van der Waals surface area contributed by atoms with E-state index in [1.165, 1.54) is 12.1 Å². The molecule has 0 aliphatic carbocycles. The van der Waals surface area contributed by atoms with Crippen LogP contribution in [0.4, 0.5) is 23.7 Å². The molecule has 2 atom stereocenters. The van der Waals surface area contributed by atoms with Crippen LogP contribution < -0.4 is 15.0 Å². The number of nitrogens with zero attached hydrogens (tertiary/aromatic N) is 3. The molecule has 3 amide bonds. The molecule has 0 spiro atoms. The normalized spacial score (nSPS) is 18.0. The maximum Gasteiger partial charge on any atom is 0.573 e. The van der Waals surface area contributed by atoms with Crippen molar-refractivity contribution in [2.45, 2.75) is 31.8 Å². The molecule has 10 heteroatoms. The van der Waals surface area contributed by atoms with Crippen molar-refractivity contribution < 1.29 is 27.5 Å². The first-order valence-corrected chi connectivity index (χ1v) is 9.15. The maximum atomic E-state index is 12.9. The molecule has 1 fully saturated rings. The van der Waals surface area contributed by atoms with Crippen LogP contribution in [-0.2, 0) is 11.3 Å². The van der Waals surface area contributed by atoms with Gasteiger partial charge in [-0.15, -0.1) is 13.2 Å². The van der Waals surface area contributed by atoms with Gasteiger partial charge in [-0.2, -0.15) is 0 Å². The number of hydrogen-bond acceptors (Lipinski definition) is 5. The molecule has 1 aromatic heterocycles. The van der Waals surface area contributed by atoms with E-state index in [4.69, 9.17) is 0 Å². The Labute approximate surface area is 171 Å². The molecule has 160 valence electrons. The number of benzene rings is 1. The molecule has 7 nitrogen and oxygen atoms in total. The smallest absolute Gasteiger partial charge is 0.406 e. The lowest BCUT2D eigenvalue weighted by molar-refractivity contribution is -0.274. The van der Waals surface area contributed by atoms with Gasteiger partial charge in [-0.25, -0.2) is 9.69 Å². The number of anilines is 1. The molecular weight excluding hydrogens is 401 g/mol. The molecule has 0 saturated carbocycles. The van der Waals surface area contributed by atoms with Crippen molar-refractivity contribution in [2.75, 3.05) is 19.0 Å². The van der Waals surface area contributed by atoms with Crippen LogP contribution in [0.1, 0.15) is 24.1 Å². The number of carbonyl (C=O) groups is 2. The lowest BCUT2D eigenvalue weighted by atomic mass is 9.93. The van der Waals surface area contributed by atoms with Gasteiger partial charge >= 0.3 is 12.4 Å². The molecule has 1 aliphatic rings. The van der Waals surface area contributed by atoms with Crippen LogP contribution in [-0.4, -0.2) is 48.3 Å². The number of ether oxygens (including phenoxy) is 1. The summed E-state index contributed by atoms with van der Waals surface area (Å²) < 4.78 is 40.7. The van der Waals surface area contributed by atoms with E-state index in [0.717, 1.165) is 28.3 Å². The quantitative estimate of drug-likeness (QED) is 0.724. The van der Waals surface area contributed by atoms with Crippen LogP contribution in [0.3, 0.4) is 0 Å². The lowest BCUT2D eigenvalue weighted by Crippen LogP contribution is -2.35. The van der Waals surface area contributed by atoms with Crippen LogP contribution in [0.5, 0.6) is 5.75 Å². The van der Waals surface area contributed by atoms with E-state index in [9.17, 15) is 22.8 Å². The molecule has 2 aromatic rings. The largest absolute Gasteiger partial charge is 0.573 e. The highest BCUT2D eigenvalue weighted by atomic mass is 19.4. The van der Waals surface area contributed by atoms with Gasteiger partial charge in [-0.1, -0.05) is 6.92 Å². The first-order chi connectivity index (χ1) is 14.0. The van der Waals surface area contributed by atoms with Crippen LogP contribution in [0, 0.1) is 0 Å². The number of urea groups is 1. The molecule has 1 saturated heterocycles. The van der Waals surface area contributed by atoms with Gasteiger partial charge in [0.25, 0.3) is 5.91 Å². The highest BCUT2D eigenvalue weighted by Crippen LogP contribution is 2.30. The summed E-state index contributed by atoms with van der Waals surface area (Å²) in [6.07, 6.45) is -3.16. The summed E-state index contributed by atoms with van der Waals surface area (Å²) in [5.41, 5.74) is 1.83. The topological polar surface area (TPSA) is 74.8 Å². The third kappa shape index (κ3) is 4.88. The standard InChI is InChI=1S/C20H21F3N4O3/c1-12(13-8-9-24-14(10-13)11-26(2)3)17-18(28)27(19(29)25-17)15-4-6-16(7-5-15)30-20(21,22)23/h4-10,12,17H,11H2,1-3H3,(H,25,29). The van der Waals surface area contributed by atoms with Gasteiger partial charge in [-0.05, 0) is 56.1 Å². The van der Waals surface area contributed by atoms with Gasteiger partial charge in [0.2, 0.25) is 0 Å². The Morgan fingerprint density at radius 2 is 1.87 bits per heavy atom. The fourth-order valence-electron chi connectivity index (χ4n) is 3.26. The molecular formula is C20H21F3N4O3. The lowest BCUT2D eigenvalue weighted by Gasteiger charge is -2.19. The zero-order valence-corrected chi connectivity index (χ0v) is 16.6. The Kier molecular flexibility index (Phi) is 5.97. The molecule has 1 N–H and O–H groups in total. The van der Waals surface area contributed by atoms with E-state index >= 15 is 0 Å². The number of rotatable bonds is 6.